The van der Waals surface area contributed by atoms with Crippen molar-refractivity contribution in [2.75, 3.05) is 9.62 Å². The Hall–Kier alpha value is -3.50. The van der Waals surface area contributed by atoms with Crippen LogP contribution in [0.4, 0.5) is 29.3 Å². The Labute approximate surface area is 213 Å². The van der Waals surface area contributed by atoms with E-state index < -0.39 is 47.7 Å². The number of imide groups is 1. The number of sulfone groups is 1. The van der Waals surface area contributed by atoms with Crippen molar-refractivity contribution in [3.05, 3.63) is 65.8 Å². The van der Waals surface area contributed by atoms with E-state index in [9.17, 15) is 39.6 Å². The van der Waals surface area contributed by atoms with E-state index in [0.717, 1.165) is 23.5 Å². The molecule has 1 aliphatic rings. The summed E-state index contributed by atoms with van der Waals surface area (Å²) < 4.78 is 89.4. The van der Waals surface area contributed by atoms with Crippen LogP contribution in [-0.4, -0.2) is 44.8 Å². The predicted octanol–water partition coefficient (Wildman–Crippen LogP) is 3.30. The topological polar surface area (TPSA) is 143 Å². The summed E-state index contributed by atoms with van der Waals surface area (Å²) in [6.45, 7) is 1.40. The molecular weight excluding hydrogens is 557 g/mol. The van der Waals surface area contributed by atoms with Gasteiger partial charge in [0.1, 0.15) is 9.75 Å². The maximum atomic E-state index is 13.3. The lowest BCUT2D eigenvalue weighted by molar-refractivity contribution is -0.121. The third kappa shape index (κ3) is 4.91. The molecule has 0 saturated carbocycles. The van der Waals surface area contributed by atoms with Crippen LogP contribution in [0.3, 0.4) is 0 Å². The number of carbonyl (C=O) groups excluding carboxylic acids is 2. The van der Waals surface area contributed by atoms with Gasteiger partial charge in [-0.3, -0.25) is 14.5 Å². The molecule has 1 unspecified atom stereocenters. The van der Waals surface area contributed by atoms with Crippen molar-refractivity contribution < 1.29 is 39.6 Å². The Bertz CT molecular complexity index is 1570. The molecule has 2 aromatic heterocycles. The molecule has 2 N–H and O–H groups in total. The summed E-state index contributed by atoms with van der Waals surface area (Å²) in [6.07, 6.45) is 2.46. The van der Waals surface area contributed by atoms with E-state index in [4.69, 9.17) is 0 Å². The Balaban J connectivity index is 1.60. The smallest absolute Gasteiger partial charge is 0.323 e. The maximum absolute atomic E-state index is 13.3. The molecule has 10 nitrogen and oxygen atoms in total. The van der Waals surface area contributed by atoms with Crippen LogP contribution < -0.4 is 14.9 Å². The Kier molecular flexibility index (Phi) is 6.54. The normalized spacial score (nSPS) is 18.6. The van der Waals surface area contributed by atoms with E-state index in [2.05, 4.69) is 15.0 Å². The van der Waals surface area contributed by atoms with Gasteiger partial charge in [-0.25, -0.2) is 26.5 Å². The minimum absolute atomic E-state index is 0.0564. The first-order valence-electron chi connectivity index (χ1n) is 10.2. The Morgan fingerprint density at radius 3 is 2.35 bits per heavy atom. The molecule has 1 saturated heterocycles. The lowest BCUT2D eigenvalue weighted by Crippen LogP contribution is -2.46. The maximum Gasteiger partial charge on any atom is 0.501 e. The molecule has 0 bridgehead atoms. The van der Waals surface area contributed by atoms with Crippen LogP contribution in [0.5, 0.6) is 0 Å². The molecule has 3 heterocycles. The van der Waals surface area contributed by atoms with Gasteiger partial charge in [-0.05, 0) is 54.3 Å². The molecule has 4 rings (SSSR count). The van der Waals surface area contributed by atoms with Gasteiger partial charge in [0.05, 0.1) is 22.5 Å². The molecule has 196 valence electrons. The van der Waals surface area contributed by atoms with E-state index >= 15 is 0 Å². The lowest BCUT2D eigenvalue weighted by atomic mass is 9.92. The number of hydrogen-bond donors (Lipinski definition) is 2. The molecule has 1 atom stereocenters. The number of rotatable bonds is 7. The number of aromatic nitrogens is 1. The highest BCUT2D eigenvalue weighted by molar-refractivity contribution is 7.94. The number of alkyl halides is 3. The predicted molar refractivity (Wildman–Crippen MR) is 127 cm³/mol. The second kappa shape index (κ2) is 9.11. The molecule has 1 aromatic carbocycles. The lowest BCUT2D eigenvalue weighted by Gasteiger charge is -2.23. The number of urea groups is 1. The van der Waals surface area contributed by atoms with Crippen molar-refractivity contribution >= 4 is 54.5 Å². The zero-order valence-electron chi connectivity index (χ0n) is 18.7. The fourth-order valence-electron chi connectivity index (χ4n) is 3.61. The molecular formula is C21H17F3N4O6S3. The Morgan fingerprint density at radius 2 is 1.76 bits per heavy atom. The summed E-state index contributed by atoms with van der Waals surface area (Å²) in [7, 11) is -9.54. The van der Waals surface area contributed by atoms with Crippen molar-refractivity contribution in [3.63, 3.8) is 0 Å². The molecule has 3 aromatic rings. The second-order valence-corrected chi connectivity index (χ2v) is 12.9. The zero-order chi connectivity index (χ0) is 27.2. The van der Waals surface area contributed by atoms with Gasteiger partial charge < -0.3 is 5.32 Å². The molecule has 37 heavy (non-hydrogen) atoms. The van der Waals surface area contributed by atoms with Crippen molar-refractivity contribution in [1.29, 1.82) is 0 Å². The van der Waals surface area contributed by atoms with Crippen LogP contribution in [0.25, 0.3) is 0 Å². The average Bonchev–Trinajstić information content (AvgIpc) is 3.42. The van der Waals surface area contributed by atoms with E-state index in [-0.39, 0.29) is 22.0 Å². The quantitative estimate of drug-likeness (QED) is 0.412. The van der Waals surface area contributed by atoms with E-state index in [1.54, 1.807) is 11.4 Å². The van der Waals surface area contributed by atoms with Crippen molar-refractivity contribution in [2.45, 2.75) is 33.5 Å². The molecule has 1 aliphatic heterocycles. The van der Waals surface area contributed by atoms with E-state index in [1.165, 1.54) is 31.5 Å². The SMILES string of the molecule is CC1(Cc2ccncc2NS(=O)(=O)c2cccs2)NC(=O)N(c2ccc(S(=O)(=O)C(F)(F)F)cc2)C1=O. The van der Waals surface area contributed by atoms with Gasteiger partial charge in [0.25, 0.3) is 25.8 Å². The number of halogens is 3. The van der Waals surface area contributed by atoms with Crippen LogP contribution >= 0.6 is 11.3 Å². The van der Waals surface area contributed by atoms with Gasteiger partial charge in [0, 0.05) is 12.6 Å². The van der Waals surface area contributed by atoms with Crippen LogP contribution in [-0.2, 0) is 31.1 Å². The Morgan fingerprint density at radius 1 is 1.08 bits per heavy atom. The largest absolute Gasteiger partial charge is 0.501 e. The molecule has 3 amide bonds. The average molecular weight is 575 g/mol. The van der Waals surface area contributed by atoms with Crippen LogP contribution in [0.1, 0.15) is 12.5 Å². The molecule has 0 radical (unpaired) electrons. The summed E-state index contributed by atoms with van der Waals surface area (Å²) in [5.41, 5.74) is -6.82. The number of amides is 3. The number of benzene rings is 1. The molecule has 16 heteroatoms. The zero-order valence-corrected chi connectivity index (χ0v) is 21.1. The number of nitrogens with one attached hydrogen (secondary N) is 2. The standard InChI is InChI=1S/C21H17F3N4O6S3/c1-20(11-13-8-9-25-12-16(13)27-37(33,34)17-3-2-10-35-17)18(29)28(19(30)26-20)14-4-6-15(7-5-14)36(31,32)21(22,23)24/h2-10,12,27H,11H2,1H3,(H,26,30). The number of hydrogen-bond acceptors (Lipinski definition) is 8. The van der Waals surface area contributed by atoms with Crippen LogP contribution in [0.2, 0.25) is 0 Å². The highest BCUT2D eigenvalue weighted by Gasteiger charge is 2.50. The van der Waals surface area contributed by atoms with Crippen LogP contribution in [0.15, 0.2) is 69.3 Å². The number of thiophene rings is 1. The van der Waals surface area contributed by atoms with Gasteiger partial charge >= 0.3 is 11.5 Å². The number of anilines is 2. The van der Waals surface area contributed by atoms with E-state index in [0.29, 0.717) is 22.6 Å². The van der Waals surface area contributed by atoms with E-state index in [1.807, 2.05) is 0 Å². The monoisotopic (exact) mass is 574 g/mol. The first-order valence-corrected chi connectivity index (χ1v) is 14.1. The van der Waals surface area contributed by atoms with Crippen molar-refractivity contribution in [2.24, 2.45) is 0 Å². The fraction of sp³-hybridized carbons (Fsp3) is 0.190. The summed E-state index contributed by atoms with van der Waals surface area (Å²) >= 11 is 1.00. The first-order chi connectivity index (χ1) is 17.2. The van der Waals surface area contributed by atoms with Gasteiger partial charge in [0.15, 0.2) is 0 Å². The van der Waals surface area contributed by atoms with Gasteiger partial charge in [-0.1, -0.05) is 6.07 Å². The highest BCUT2D eigenvalue weighted by atomic mass is 32.2. The highest BCUT2D eigenvalue weighted by Crippen LogP contribution is 2.34. The third-order valence-electron chi connectivity index (χ3n) is 5.43. The van der Waals surface area contributed by atoms with Gasteiger partial charge in [-0.2, -0.15) is 13.2 Å². The van der Waals surface area contributed by atoms with Gasteiger partial charge in [-0.15, -0.1) is 11.3 Å². The van der Waals surface area contributed by atoms with Crippen LogP contribution in [0, 0.1) is 0 Å². The number of carbonyl (C=O) groups is 2. The van der Waals surface area contributed by atoms with Crippen molar-refractivity contribution in [3.8, 4) is 0 Å². The molecule has 0 spiro atoms. The summed E-state index contributed by atoms with van der Waals surface area (Å²) in [5.74, 6) is -0.784. The summed E-state index contributed by atoms with van der Waals surface area (Å²) in [4.78, 5) is 29.5. The number of sulfonamides is 1. The second-order valence-electron chi connectivity index (χ2n) is 8.09. The third-order valence-corrected chi connectivity index (χ3v) is 9.70. The number of nitrogens with zero attached hydrogens (tertiary/aromatic N) is 2. The van der Waals surface area contributed by atoms with Crippen molar-refractivity contribution in [1.82, 2.24) is 10.3 Å². The fourth-order valence-corrected chi connectivity index (χ4v) is 6.45. The first kappa shape index (κ1) is 26.6. The van der Waals surface area contributed by atoms with Gasteiger partial charge in [0.2, 0.25) is 0 Å². The minimum Gasteiger partial charge on any atom is -0.323 e. The number of pyridine rings is 1. The molecule has 1 fully saturated rings. The summed E-state index contributed by atoms with van der Waals surface area (Å²) in [5, 5.41) is 4.10. The summed E-state index contributed by atoms with van der Waals surface area (Å²) in [6, 6.07) is 6.67. The minimum atomic E-state index is -5.61. The molecule has 0 aliphatic carbocycles.